The van der Waals surface area contributed by atoms with Crippen LogP contribution < -0.4 is 5.32 Å². The number of carbonyl (C=O) groups excluding carboxylic acids is 2. The molecule has 2 amide bonds. The molecule has 2 aromatic heterocycles. The first-order chi connectivity index (χ1) is 11.6. The maximum absolute atomic E-state index is 12.6. The number of amides is 2. The van der Waals surface area contributed by atoms with Crippen LogP contribution in [0, 0.1) is 5.92 Å². The smallest absolute Gasteiger partial charge is 0.225 e. The second-order valence-corrected chi connectivity index (χ2v) is 6.87. The molecule has 0 bridgehead atoms. The minimum Gasteiger partial charge on any atom is -0.467 e. The Balaban J connectivity index is 1.69. The van der Waals surface area contributed by atoms with E-state index in [4.69, 9.17) is 4.42 Å². The number of aliphatic hydroxyl groups excluding tert-OH is 1. The van der Waals surface area contributed by atoms with Gasteiger partial charge in [0.05, 0.1) is 24.8 Å². The van der Waals surface area contributed by atoms with Crippen molar-refractivity contribution in [3.05, 3.63) is 46.5 Å². The normalized spacial score (nSPS) is 22.4. The van der Waals surface area contributed by atoms with Gasteiger partial charge in [0.1, 0.15) is 11.9 Å². The van der Waals surface area contributed by atoms with Crippen LogP contribution in [0.15, 0.2) is 40.3 Å². The molecule has 2 aromatic rings. The number of piperidine rings is 1. The van der Waals surface area contributed by atoms with Crippen molar-refractivity contribution in [1.82, 2.24) is 10.2 Å². The van der Waals surface area contributed by atoms with E-state index < -0.39 is 6.10 Å². The summed E-state index contributed by atoms with van der Waals surface area (Å²) < 4.78 is 5.13. The van der Waals surface area contributed by atoms with Crippen LogP contribution in [-0.4, -0.2) is 35.4 Å². The molecule has 0 saturated carbocycles. The van der Waals surface area contributed by atoms with Crippen molar-refractivity contribution in [2.75, 3.05) is 13.6 Å². The third-order valence-electron chi connectivity index (χ3n) is 4.37. The van der Waals surface area contributed by atoms with Crippen LogP contribution in [0.3, 0.4) is 0 Å². The van der Waals surface area contributed by atoms with E-state index in [0.29, 0.717) is 18.6 Å². The van der Waals surface area contributed by atoms with Crippen molar-refractivity contribution in [3.63, 3.8) is 0 Å². The Morgan fingerprint density at radius 1 is 1.50 bits per heavy atom. The number of furan rings is 1. The zero-order valence-corrected chi connectivity index (χ0v) is 14.2. The predicted molar refractivity (Wildman–Crippen MR) is 89.2 cm³/mol. The van der Waals surface area contributed by atoms with Gasteiger partial charge in [-0.05, 0) is 30.0 Å². The highest BCUT2D eigenvalue weighted by Gasteiger charge is 2.39. The topological polar surface area (TPSA) is 82.8 Å². The Labute approximate surface area is 144 Å². The average Bonchev–Trinajstić information content (AvgIpc) is 3.27. The first-order valence-corrected chi connectivity index (χ1v) is 8.74. The monoisotopic (exact) mass is 348 g/mol. The molecular weight excluding hydrogens is 328 g/mol. The van der Waals surface area contributed by atoms with E-state index in [1.807, 2.05) is 17.5 Å². The minimum absolute atomic E-state index is 0.0491. The quantitative estimate of drug-likeness (QED) is 0.867. The molecule has 6 nitrogen and oxygen atoms in total. The van der Waals surface area contributed by atoms with Crippen molar-refractivity contribution in [2.24, 2.45) is 5.92 Å². The summed E-state index contributed by atoms with van der Waals surface area (Å²) in [5.41, 5.74) is 0. The molecule has 1 saturated heterocycles. The molecule has 2 N–H and O–H groups in total. The van der Waals surface area contributed by atoms with Crippen molar-refractivity contribution in [2.45, 2.75) is 25.0 Å². The molecule has 128 valence electrons. The Hall–Kier alpha value is -2.12. The Morgan fingerprint density at radius 2 is 2.33 bits per heavy atom. The highest BCUT2D eigenvalue weighted by molar-refractivity contribution is 7.10. The van der Waals surface area contributed by atoms with Crippen LogP contribution in [0.25, 0.3) is 0 Å². The molecule has 0 spiro atoms. The van der Waals surface area contributed by atoms with Crippen molar-refractivity contribution >= 4 is 23.2 Å². The van der Waals surface area contributed by atoms with Gasteiger partial charge in [0, 0.05) is 18.3 Å². The lowest BCUT2D eigenvalue weighted by Crippen LogP contribution is -2.46. The lowest BCUT2D eigenvalue weighted by molar-refractivity contribution is -0.141. The Kier molecular flexibility index (Phi) is 5.01. The molecule has 3 heterocycles. The molecule has 0 aromatic carbocycles. The number of carbonyl (C=O) groups is 2. The van der Waals surface area contributed by atoms with Gasteiger partial charge in [-0.15, -0.1) is 11.3 Å². The average molecular weight is 348 g/mol. The van der Waals surface area contributed by atoms with Gasteiger partial charge >= 0.3 is 0 Å². The number of thiophene rings is 1. The summed E-state index contributed by atoms with van der Waals surface area (Å²) in [4.78, 5) is 27.3. The van der Waals surface area contributed by atoms with Gasteiger partial charge in [0.15, 0.2) is 0 Å². The summed E-state index contributed by atoms with van der Waals surface area (Å²) in [5, 5.41) is 14.8. The summed E-state index contributed by atoms with van der Waals surface area (Å²) in [7, 11) is 1.74. The van der Waals surface area contributed by atoms with Crippen LogP contribution in [0.1, 0.15) is 35.6 Å². The number of hydrogen-bond donors (Lipinski definition) is 2. The number of aliphatic hydroxyl groups is 1. The molecule has 0 aliphatic carbocycles. The number of nitrogens with one attached hydrogen (secondary N) is 1. The Bertz CT molecular complexity index is 684. The first kappa shape index (κ1) is 16.7. The van der Waals surface area contributed by atoms with Crippen LogP contribution >= 0.6 is 11.3 Å². The summed E-state index contributed by atoms with van der Waals surface area (Å²) in [6, 6.07) is 6.96. The van der Waals surface area contributed by atoms with E-state index >= 15 is 0 Å². The molecule has 3 rings (SSSR count). The molecule has 0 radical (unpaired) electrons. The third-order valence-corrected chi connectivity index (χ3v) is 5.32. The number of hydrogen-bond acceptors (Lipinski definition) is 5. The summed E-state index contributed by atoms with van der Waals surface area (Å²) in [6.07, 6.45) is 1.47. The lowest BCUT2D eigenvalue weighted by atomic mass is 9.87. The fraction of sp³-hybridized carbons (Fsp3) is 0.412. The predicted octanol–water partition coefficient (Wildman–Crippen LogP) is 2.10. The highest BCUT2D eigenvalue weighted by Crippen LogP contribution is 2.37. The summed E-state index contributed by atoms with van der Waals surface area (Å²) >= 11 is 1.54. The van der Waals surface area contributed by atoms with Gasteiger partial charge in [-0.2, -0.15) is 0 Å². The zero-order valence-electron chi connectivity index (χ0n) is 13.3. The largest absolute Gasteiger partial charge is 0.467 e. The second kappa shape index (κ2) is 7.19. The molecule has 3 atom stereocenters. The second-order valence-electron chi connectivity index (χ2n) is 5.89. The molecule has 7 heteroatoms. The fourth-order valence-electron chi connectivity index (χ4n) is 3.07. The molecule has 1 fully saturated rings. The standard InChI is InChI=1S/C17H20N2O4S/c1-19-15(21)7-6-11(16(19)14-5-3-9-24-14)17(22)18-10-12(20)13-4-2-8-23-13/h2-5,8-9,11-12,16,20H,6-7,10H2,1H3,(H,18,22)/t11-,12+,16+/m0/s1. The van der Waals surface area contributed by atoms with Gasteiger partial charge in [-0.3, -0.25) is 9.59 Å². The molecule has 1 aliphatic heterocycles. The molecular formula is C17H20N2O4S. The highest BCUT2D eigenvalue weighted by atomic mass is 32.1. The van der Waals surface area contributed by atoms with Gasteiger partial charge in [0.2, 0.25) is 11.8 Å². The Morgan fingerprint density at radius 3 is 3.00 bits per heavy atom. The van der Waals surface area contributed by atoms with Crippen LogP contribution in [0.4, 0.5) is 0 Å². The van der Waals surface area contributed by atoms with E-state index in [0.717, 1.165) is 4.88 Å². The summed E-state index contributed by atoms with van der Waals surface area (Å²) in [6.45, 7) is 0.0810. The molecule has 0 unspecified atom stereocenters. The maximum atomic E-state index is 12.6. The molecule has 24 heavy (non-hydrogen) atoms. The van der Waals surface area contributed by atoms with Crippen LogP contribution in [-0.2, 0) is 9.59 Å². The van der Waals surface area contributed by atoms with Crippen molar-refractivity contribution in [1.29, 1.82) is 0 Å². The number of likely N-dealkylation sites (tertiary alicyclic amines) is 1. The van der Waals surface area contributed by atoms with Crippen LogP contribution in [0.5, 0.6) is 0 Å². The lowest BCUT2D eigenvalue weighted by Gasteiger charge is -2.37. The fourth-order valence-corrected chi connectivity index (χ4v) is 4.00. The van der Waals surface area contributed by atoms with Gasteiger partial charge in [-0.1, -0.05) is 6.07 Å². The van der Waals surface area contributed by atoms with Gasteiger partial charge in [0.25, 0.3) is 0 Å². The number of rotatable bonds is 5. The number of nitrogens with zero attached hydrogens (tertiary/aromatic N) is 1. The van der Waals surface area contributed by atoms with E-state index in [1.165, 1.54) is 6.26 Å². The minimum atomic E-state index is -0.882. The molecule has 1 aliphatic rings. The maximum Gasteiger partial charge on any atom is 0.225 e. The summed E-state index contributed by atoms with van der Waals surface area (Å²) in [5.74, 6) is -0.0115. The van der Waals surface area contributed by atoms with Crippen molar-refractivity contribution < 1.29 is 19.1 Å². The van der Waals surface area contributed by atoms with Gasteiger partial charge < -0.3 is 19.7 Å². The van der Waals surface area contributed by atoms with Crippen LogP contribution in [0.2, 0.25) is 0 Å². The van der Waals surface area contributed by atoms with E-state index in [2.05, 4.69) is 5.32 Å². The van der Waals surface area contributed by atoms with E-state index in [9.17, 15) is 14.7 Å². The van der Waals surface area contributed by atoms with E-state index in [-0.39, 0.29) is 30.3 Å². The zero-order chi connectivity index (χ0) is 17.1. The van der Waals surface area contributed by atoms with Crippen molar-refractivity contribution in [3.8, 4) is 0 Å². The van der Waals surface area contributed by atoms with Gasteiger partial charge in [-0.25, -0.2) is 0 Å². The SMILES string of the molecule is CN1C(=O)CC[C@H](C(=O)NC[C@@H](O)c2ccco2)[C@@H]1c1cccs1. The first-order valence-electron chi connectivity index (χ1n) is 7.86. The third kappa shape index (κ3) is 3.37. The van der Waals surface area contributed by atoms with E-state index in [1.54, 1.807) is 35.4 Å².